The first-order valence-electron chi connectivity index (χ1n) is 17.4. The van der Waals surface area contributed by atoms with Crippen molar-refractivity contribution in [3.8, 4) is 17.2 Å². The standard InChI is InChI=1S/C23H23NO2.C10H14.C8H10O2S.CH4O3S/c1-3-18(2)23(25)26-22-16-14-21(15-17-22)24(19-10-6-4-7-11-19)20-12-8-5-9-13-20;1-3-9(2)10-7-5-4-6-8-10;1-5-7-8(6(2)11-5)10-4-3-9-7;1-5(2,3)4/h4-18H,3H2,1-2H3;4-9H,3H2,1-2H3;3-4H2,1-2H3;1H3,(H,2,3,4). The van der Waals surface area contributed by atoms with Gasteiger partial charge in [-0.1, -0.05) is 94.4 Å². The quantitative estimate of drug-likeness (QED) is 0.0951. The lowest BCUT2D eigenvalue weighted by Gasteiger charge is -2.25. The van der Waals surface area contributed by atoms with E-state index in [4.69, 9.17) is 18.8 Å². The van der Waals surface area contributed by atoms with Crippen molar-refractivity contribution in [2.24, 2.45) is 5.92 Å². The lowest BCUT2D eigenvalue weighted by molar-refractivity contribution is -0.138. The minimum absolute atomic E-state index is 0.0974. The number of benzene rings is 4. The van der Waals surface area contributed by atoms with Crippen molar-refractivity contribution in [1.82, 2.24) is 0 Å². The third-order valence-electron chi connectivity index (χ3n) is 8.07. The molecule has 1 aromatic heterocycles. The fourth-order valence-electron chi connectivity index (χ4n) is 4.93. The van der Waals surface area contributed by atoms with Gasteiger partial charge < -0.3 is 19.1 Å². The number of hydrogen-bond acceptors (Lipinski definition) is 8. The summed E-state index contributed by atoms with van der Waals surface area (Å²) >= 11 is 1.74. The first kappa shape index (κ1) is 41.8. The molecule has 0 fully saturated rings. The van der Waals surface area contributed by atoms with Gasteiger partial charge in [-0.2, -0.15) is 8.42 Å². The van der Waals surface area contributed by atoms with Crippen LogP contribution in [0.2, 0.25) is 0 Å². The van der Waals surface area contributed by atoms with E-state index in [0.717, 1.165) is 35.0 Å². The lowest BCUT2D eigenvalue weighted by Crippen LogP contribution is -2.17. The van der Waals surface area contributed by atoms with Gasteiger partial charge in [0.2, 0.25) is 0 Å². The van der Waals surface area contributed by atoms with Crippen molar-refractivity contribution < 1.29 is 32.0 Å². The first-order chi connectivity index (χ1) is 24.8. The summed E-state index contributed by atoms with van der Waals surface area (Å²) in [5.74, 6) is 2.90. The second-order valence-electron chi connectivity index (χ2n) is 12.3. The number of carbonyl (C=O) groups excluding carboxylic acids is 1. The SMILES string of the molecule is CCC(C)C(=O)Oc1ccc(N(c2ccccc2)c2ccccc2)cc1.CCC(C)c1ccccc1.CS(=O)(=O)O.Cc1sc(C)c2c1OCCO2. The minimum atomic E-state index is -3.67. The van der Waals surface area contributed by atoms with Crippen molar-refractivity contribution in [2.45, 2.75) is 60.3 Å². The van der Waals surface area contributed by atoms with Crippen LogP contribution < -0.4 is 19.1 Å². The molecule has 1 N–H and O–H groups in total. The van der Waals surface area contributed by atoms with Gasteiger partial charge in [0, 0.05) is 26.8 Å². The topological polar surface area (TPSA) is 102 Å². The van der Waals surface area contributed by atoms with Crippen molar-refractivity contribution in [3.63, 3.8) is 0 Å². The highest BCUT2D eigenvalue weighted by molar-refractivity contribution is 7.85. The van der Waals surface area contributed by atoms with Crippen molar-refractivity contribution >= 4 is 44.5 Å². The highest BCUT2D eigenvalue weighted by Crippen LogP contribution is 2.42. The maximum Gasteiger partial charge on any atom is 0.314 e. The Morgan fingerprint density at radius 3 is 1.54 bits per heavy atom. The van der Waals surface area contributed by atoms with E-state index in [9.17, 15) is 13.2 Å². The van der Waals surface area contributed by atoms with E-state index in [0.29, 0.717) is 31.1 Å². The van der Waals surface area contributed by atoms with Crippen LogP contribution in [-0.2, 0) is 14.9 Å². The zero-order valence-electron chi connectivity index (χ0n) is 31.1. The van der Waals surface area contributed by atoms with Crippen LogP contribution in [-0.4, -0.2) is 38.4 Å². The van der Waals surface area contributed by atoms with Crippen LogP contribution >= 0.6 is 11.3 Å². The van der Waals surface area contributed by atoms with Crippen LogP contribution in [0.5, 0.6) is 17.2 Å². The number of carbonyl (C=O) groups is 1. The highest BCUT2D eigenvalue weighted by atomic mass is 32.2. The normalized spacial score (nSPS) is 12.6. The molecular formula is C42H51NO7S2. The van der Waals surface area contributed by atoms with Crippen molar-refractivity contribution in [1.29, 1.82) is 0 Å². The number of rotatable bonds is 8. The number of fused-ring (bicyclic) bond motifs is 1. The third kappa shape index (κ3) is 13.8. The number of anilines is 3. The van der Waals surface area contributed by atoms with Crippen LogP contribution in [0, 0.1) is 19.8 Å². The Kier molecular flexibility index (Phi) is 16.9. The number of para-hydroxylation sites is 2. The van der Waals surface area contributed by atoms with E-state index in [2.05, 4.69) is 87.2 Å². The van der Waals surface area contributed by atoms with Crippen molar-refractivity contribution in [2.75, 3.05) is 24.4 Å². The molecule has 2 unspecified atom stereocenters. The Morgan fingerprint density at radius 2 is 1.13 bits per heavy atom. The maximum absolute atomic E-state index is 12.0. The summed E-state index contributed by atoms with van der Waals surface area (Å²) in [6, 6.07) is 38.6. The Bertz CT molecular complexity index is 1810. The monoisotopic (exact) mass is 745 g/mol. The van der Waals surface area contributed by atoms with Crippen LogP contribution in [0.15, 0.2) is 115 Å². The molecule has 0 bridgehead atoms. The summed E-state index contributed by atoms with van der Waals surface area (Å²) in [6.45, 7) is 13.8. The summed E-state index contributed by atoms with van der Waals surface area (Å²) < 4.78 is 42.2. The Labute approximate surface area is 313 Å². The fourth-order valence-corrected chi connectivity index (χ4v) is 5.88. The molecule has 2 atom stereocenters. The molecule has 278 valence electrons. The fraction of sp³-hybridized carbons (Fsp3) is 0.310. The first-order valence-corrected chi connectivity index (χ1v) is 20.0. The summed E-state index contributed by atoms with van der Waals surface area (Å²) in [5, 5.41) is 0. The van der Waals surface area contributed by atoms with E-state index >= 15 is 0 Å². The average molecular weight is 746 g/mol. The largest absolute Gasteiger partial charge is 0.485 e. The molecule has 5 aromatic rings. The van der Waals surface area contributed by atoms with Gasteiger partial charge in [-0.05, 0) is 86.7 Å². The molecule has 1 aliphatic heterocycles. The van der Waals surface area contributed by atoms with Gasteiger partial charge in [0.25, 0.3) is 10.1 Å². The number of ether oxygens (including phenoxy) is 3. The number of hydrogen-bond donors (Lipinski definition) is 1. The molecule has 10 heteroatoms. The molecule has 4 aromatic carbocycles. The highest BCUT2D eigenvalue weighted by Gasteiger charge is 2.19. The van der Waals surface area contributed by atoms with E-state index in [1.807, 2.05) is 74.5 Å². The molecule has 52 heavy (non-hydrogen) atoms. The average Bonchev–Trinajstić information content (AvgIpc) is 3.45. The number of esters is 1. The molecule has 0 aliphatic carbocycles. The van der Waals surface area contributed by atoms with E-state index in [1.165, 1.54) is 21.7 Å². The number of thiophene rings is 1. The Balaban J connectivity index is 0.000000229. The summed E-state index contributed by atoms with van der Waals surface area (Å²) in [7, 11) is -3.67. The molecule has 0 amide bonds. The third-order valence-corrected chi connectivity index (χ3v) is 9.05. The van der Waals surface area contributed by atoms with Crippen molar-refractivity contribution in [3.05, 3.63) is 131 Å². The smallest absolute Gasteiger partial charge is 0.314 e. The molecule has 1 aliphatic rings. The molecule has 0 radical (unpaired) electrons. The van der Waals surface area contributed by atoms with Gasteiger partial charge in [0.1, 0.15) is 19.0 Å². The summed E-state index contributed by atoms with van der Waals surface area (Å²) in [5.41, 5.74) is 4.60. The molecular weight excluding hydrogens is 695 g/mol. The van der Waals surface area contributed by atoms with Crippen LogP contribution in [0.1, 0.15) is 61.8 Å². The molecule has 0 spiro atoms. The lowest BCUT2D eigenvalue weighted by atomic mass is 9.99. The second kappa shape index (κ2) is 21.0. The Morgan fingerprint density at radius 1 is 0.731 bits per heavy atom. The van der Waals surface area contributed by atoms with E-state index in [-0.39, 0.29) is 11.9 Å². The predicted octanol–water partition coefficient (Wildman–Crippen LogP) is 10.9. The molecule has 6 rings (SSSR count). The molecule has 0 saturated heterocycles. The Hall–Kier alpha value is -4.64. The van der Waals surface area contributed by atoms with E-state index in [1.54, 1.807) is 11.3 Å². The summed E-state index contributed by atoms with van der Waals surface area (Å²) in [6.07, 6.45) is 2.71. The minimum Gasteiger partial charge on any atom is -0.485 e. The van der Waals surface area contributed by atoms with E-state index < -0.39 is 10.1 Å². The van der Waals surface area contributed by atoms with Gasteiger partial charge in [-0.15, -0.1) is 11.3 Å². The zero-order valence-corrected chi connectivity index (χ0v) is 32.7. The molecule has 2 heterocycles. The van der Waals surface area contributed by atoms with Gasteiger partial charge >= 0.3 is 5.97 Å². The summed E-state index contributed by atoms with van der Waals surface area (Å²) in [4.78, 5) is 16.6. The number of nitrogens with zero attached hydrogens (tertiary/aromatic N) is 1. The van der Waals surface area contributed by atoms with Crippen LogP contribution in [0.4, 0.5) is 17.1 Å². The molecule has 0 saturated carbocycles. The van der Waals surface area contributed by atoms with Gasteiger partial charge in [-0.25, -0.2) is 0 Å². The van der Waals surface area contributed by atoms with Gasteiger partial charge in [-0.3, -0.25) is 9.35 Å². The number of aryl methyl sites for hydroxylation is 2. The van der Waals surface area contributed by atoms with Gasteiger partial charge in [0.15, 0.2) is 11.5 Å². The molecule has 8 nitrogen and oxygen atoms in total. The van der Waals surface area contributed by atoms with Crippen LogP contribution in [0.25, 0.3) is 0 Å². The maximum atomic E-state index is 12.0. The van der Waals surface area contributed by atoms with Crippen LogP contribution in [0.3, 0.4) is 0 Å². The predicted molar refractivity (Wildman–Crippen MR) is 214 cm³/mol. The van der Waals surface area contributed by atoms with Gasteiger partial charge in [0.05, 0.1) is 12.2 Å². The second-order valence-corrected chi connectivity index (χ2v) is 15.1. The zero-order chi connectivity index (χ0) is 38.1.